The van der Waals surface area contributed by atoms with Gasteiger partial charge in [-0.25, -0.2) is 9.78 Å². The minimum atomic E-state index is -0.392. The summed E-state index contributed by atoms with van der Waals surface area (Å²) < 4.78 is 13.2. The van der Waals surface area contributed by atoms with E-state index in [1.165, 1.54) is 0 Å². The number of aryl methyl sites for hydroxylation is 2. The maximum Gasteiger partial charge on any atom is 0.357 e. The van der Waals surface area contributed by atoms with Gasteiger partial charge >= 0.3 is 5.97 Å². The zero-order valence-corrected chi connectivity index (χ0v) is 14.7. The summed E-state index contributed by atoms with van der Waals surface area (Å²) in [5.74, 6) is 0.424. The average molecular weight is 326 g/mol. The number of esters is 1. The summed E-state index contributed by atoms with van der Waals surface area (Å²) >= 11 is 0. The van der Waals surface area contributed by atoms with Gasteiger partial charge in [0, 0.05) is 17.8 Å². The minimum absolute atomic E-state index is 0.0672. The van der Waals surface area contributed by atoms with Crippen molar-refractivity contribution in [2.24, 2.45) is 7.05 Å². The lowest BCUT2D eigenvalue weighted by Gasteiger charge is -2.12. The lowest BCUT2D eigenvalue weighted by molar-refractivity contribution is 0.0519. The highest BCUT2D eigenvalue weighted by atomic mass is 16.5. The van der Waals surface area contributed by atoms with Crippen molar-refractivity contribution in [1.82, 2.24) is 9.55 Å². The van der Waals surface area contributed by atoms with Gasteiger partial charge in [-0.05, 0) is 45.4 Å². The van der Waals surface area contributed by atoms with Crippen molar-refractivity contribution in [2.75, 3.05) is 6.61 Å². The molecule has 24 heavy (non-hydrogen) atoms. The molecule has 0 aliphatic heterocycles. The first-order valence-corrected chi connectivity index (χ1v) is 8.16. The Morgan fingerprint density at radius 1 is 1.25 bits per heavy atom. The van der Waals surface area contributed by atoms with Gasteiger partial charge in [0.1, 0.15) is 5.75 Å². The third kappa shape index (κ3) is 2.50. The Bertz CT molecular complexity index is 925. The molecule has 2 heterocycles. The van der Waals surface area contributed by atoms with Gasteiger partial charge in [-0.1, -0.05) is 6.07 Å². The molecule has 0 atom stereocenters. The van der Waals surface area contributed by atoms with Crippen molar-refractivity contribution >= 4 is 27.8 Å². The molecule has 0 bridgehead atoms. The molecule has 3 rings (SSSR count). The lowest BCUT2D eigenvalue weighted by Crippen LogP contribution is -2.09. The van der Waals surface area contributed by atoms with E-state index in [0.717, 1.165) is 33.1 Å². The normalized spacial score (nSPS) is 11.4. The molecule has 0 fully saturated rings. The molecule has 5 heteroatoms. The van der Waals surface area contributed by atoms with E-state index in [4.69, 9.17) is 9.47 Å². The number of nitrogens with zero attached hydrogens (tertiary/aromatic N) is 2. The first-order valence-electron chi connectivity index (χ1n) is 8.16. The van der Waals surface area contributed by atoms with Crippen molar-refractivity contribution in [2.45, 2.75) is 33.8 Å². The predicted octanol–water partition coefficient (Wildman–Crippen LogP) is 4.00. The maximum atomic E-state index is 12.2. The van der Waals surface area contributed by atoms with Crippen molar-refractivity contribution in [3.05, 3.63) is 35.7 Å². The number of ether oxygens (including phenoxy) is 2. The molecule has 0 amide bonds. The predicted molar refractivity (Wildman–Crippen MR) is 94.7 cm³/mol. The fourth-order valence-corrected chi connectivity index (χ4v) is 3.10. The molecule has 1 aromatic carbocycles. The third-order valence-electron chi connectivity index (χ3n) is 4.11. The van der Waals surface area contributed by atoms with Crippen LogP contribution in [0.15, 0.2) is 24.4 Å². The van der Waals surface area contributed by atoms with Gasteiger partial charge in [-0.15, -0.1) is 0 Å². The summed E-state index contributed by atoms with van der Waals surface area (Å²) in [6, 6.07) is 5.99. The van der Waals surface area contributed by atoms with Crippen LogP contribution in [0.5, 0.6) is 5.75 Å². The van der Waals surface area contributed by atoms with Crippen LogP contribution in [0.25, 0.3) is 21.8 Å². The summed E-state index contributed by atoms with van der Waals surface area (Å²) in [5.41, 5.74) is 3.19. The van der Waals surface area contributed by atoms with E-state index in [-0.39, 0.29) is 6.10 Å². The molecule has 0 saturated carbocycles. The van der Waals surface area contributed by atoms with Gasteiger partial charge in [0.25, 0.3) is 0 Å². The molecule has 0 aliphatic rings. The quantitative estimate of drug-likeness (QED) is 0.680. The smallest absolute Gasteiger partial charge is 0.357 e. The largest absolute Gasteiger partial charge is 0.490 e. The molecule has 3 aromatic rings. The molecule has 2 aromatic heterocycles. The van der Waals surface area contributed by atoms with Crippen LogP contribution in [-0.4, -0.2) is 28.2 Å². The molecule has 0 unspecified atom stereocenters. The third-order valence-corrected chi connectivity index (χ3v) is 4.11. The van der Waals surface area contributed by atoms with Crippen LogP contribution in [0.4, 0.5) is 0 Å². The van der Waals surface area contributed by atoms with E-state index in [0.29, 0.717) is 12.3 Å². The lowest BCUT2D eigenvalue weighted by atomic mass is 10.1. The summed E-state index contributed by atoms with van der Waals surface area (Å²) in [4.78, 5) is 16.5. The first-order chi connectivity index (χ1) is 11.5. The maximum absolute atomic E-state index is 12.2. The number of fused-ring (bicyclic) bond motifs is 3. The molecule has 5 nitrogen and oxygen atoms in total. The van der Waals surface area contributed by atoms with E-state index in [9.17, 15) is 4.79 Å². The van der Waals surface area contributed by atoms with Crippen LogP contribution in [0.1, 0.15) is 36.8 Å². The second kappa shape index (κ2) is 6.15. The van der Waals surface area contributed by atoms with Crippen LogP contribution in [0.2, 0.25) is 0 Å². The van der Waals surface area contributed by atoms with E-state index in [1.54, 1.807) is 13.1 Å². The molecule has 0 saturated heterocycles. The molecule has 126 valence electrons. The van der Waals surface area contributed by atoms with Crippen molar-refractivity contribution < 1.29 is 14.3 Å². The Morgan fingerprint density at radius 2 is 2.00 bits per heavy atom. The highest BCUT2D eigenvalue weighted by Gasteiger charge is 2.21. The fourth-order valence-electron chi connectivity index (χ4n) is 3.10. The molecule has 0 aliphatic carbocycles. The Kier molecular flexibility index (Phi) is 4.18. The highest BCUT2D eigenvalue weighted by Crippen LogP contribution is 2.37. The summed E-state index contributed by atoms with van der Waals surface area (Å²) in [6.45, 7) is 8.03. The van der Waals surface area contributed by atoms with Crippen LogP contribution < -0.4 is 4.74 Å². The van der Waals surface area contributed by atoms with Crippen LogP contribution in [0, 0.1) is 6.92 Å². The van der Waals surface area contributed by atoms with Gasteiger partial charge < -0.3 is 14.0 Å². The van der Waals surface area contributed by atoms with Crippen LogP contribution >= 0.6 is 0 Å². The summed E-state index contributed by atoms with van der Waals surface area (Å²) in [5, 5.41) is 2.00. The highest BCUT2D eigenvalue weighted by molar-refractivity contribution is 6.14. The molecule has 0 radical (unpaired) electrons. The summed E-state index contributed by atoms with van der Waals surface area (Å²) in [7, 11) is 2.00. The van der Waals surface area contributed by atoms with Crippen molar-refractivity contribution in [3.8, 4) is 5.75 Å². The Labute approximate surface area is 141 Å². The van der Waals surface area contributed by atoms with E-state index < -0.39 is 5.97 Å². The van der Waals surface area contributed by atoms with Crippen molar-refractivity contribution in [1.29, 1.82) is 0 Å². The van der Waals surface area contributed by atoms with Gasteiger partial charge in [0.15, 0.2) is 5.69 Å². The molecule has 0 spiro atoms. The standard InChI is InChI=1S/C19H22N2O3/c1-6-23-19(22)18-12(4)16-14(10-20-18)21(5)13-8-7-9-15(17(13)16)24-11(2)3/h7-11H,6H2,1-5H3. The van der Waals surface area contributed by atoms with Gasteiger partial charge in [0.2, 0.25) is 0 Å². The second-order valence-corrected chi connectivity index (χ2v) is 6.09. The zero-order chi connectivity index (χ0) is 17.4. The number of benzene rings is 1. The van der Waals surface area contributed by atoms with E-state index >= 15 is 0 Å². The van der Waals surface area contributed by atoms with Crippen LogP contribution in [0.3, 0.4) is 0 Å². The van der Waals surface area contributed by atoms with Gasteiger partial charge in [-0.3, -0.25) is 0 Å². The monoisotopic (exact) mass is 326 g/mol. The Balaban J connectivity index is 2.37. The van der Waals surface area contributed by atoms with E-state index in [2.05, 4.69) is 9.55 Å². The van der Waals surface area contributed by atoms with Crippen LogP contribution in [-0.2, 0) is 11.8 Å². The first kappa shape index (κ1) is 16.3. The number of carbonyl (C=O) groups is 1. The number of aromatic nitrogens is 2. The average Bonchev–Trinajstić information content (AvgIpc) is 2.82. The Morgan fingerprint density at radius 3 is 2.67 bits per heavy atom. The van der Waals surface area contributed by atoms with Gasteiger partial charge in [0.05, 0.1) is 29.9 Å². The number of carbonyl (C=O) groups excluding carboxylic acids is 1. The topological polar surface area (TPSA) is 53.4 Å². The number of pyridine rings is 1. The summed E-state index contributed by atoms with van der Waals surface area (Å²) in [6.07, 6.45) is 1.80. The second-order valence-electron chi connectivity index (χ2n) is 6.09. The van der Waals surface area contributed by atoms with Crippen molar-refractivity contribution in [3.63, 3.8) is 0 Å². The molecule has 0 N–H and O–H groups in total. The van der Waals surface area contributed by atoms with E-state index in [1.807, 2.05) is 46.0 Å². The number of rotatable bonds is 4. The zero-order valence-electron chi connectivity index (χ0n) is 14.7. The molecular formula is C19H22N2O3. The Hall–Kier alpha value is -2.56. The molecular weight excluding hydrogens is 304 g/mol. The van der Waals surface area contributed by atoms with Gasteiger partial charge in [-0.2, -0.15) is 0 Å². The SMILES string of the molecule is CCOC(=O)c1ncc2c(c1C)c1c(OC(C)C)cccc1n2C. The minimum Gasteiger partial charge on any atom is -0.490 e. The fraction of sp³-hybridized carbons (Fsp3) is 0.368. The number of hydrogen-bond acceptors (Lipinski definition) is 4. The number of hydrogen-bond donors (Lipinski definition) is 0.